The molecule has 0 saturated heterocycles. The van der Waals surface area contributed by atoms with E-state index in [9.17, 15) is 9.18 Å². The van der Waals surface area contributed by atoms with Crippen molar-refractivity contribution in [2.45, 2.75) is 6.54 Å². The predicted molar refractivity (Wildman–Crippen MR) is 97.6 cm³/mol. The molecule has 0 aliphatic carbocycles. The van der Waals surface area contributed by atoms with Gasteiger partial charge in [-0.05, 0) is 30.3 Å². The van der Waals surface area contributed by atoms with Gasteiger partial charge in [0.1, 0.15) is 11.0 Å². The number of benzene rings is 2. The van der Waals surface area contributed by atoms with Gasteiger partial charge in [0, 0.05) is 17.0 Å². The van der Waals surface area contributed by atoms with Gasteiger partial charge in [-0.2, -0.15) is 0 Å². The van der Waals surface area contributed by atoms with Crippen LogP contribution in [0.5, 0.6) is 0 Å². The van der Waals surface area contributed by atoms with E-state index in [1.54, 1.807) is 6.07 Å². The molecule has 2 aromatic carbocycles. The van der Waals surface area contributed by atoms with Crippen molar-refractivity contribution in [1.82, 2.24) is 20.5 Å². The summed E-state index contributed by atoms with van der Waals surface area (Å²) in [6.07, 6.45) is 0. The number of fused-ring (bicyclic) bond motifs is 1. The highest BCUT2D eigenvalue weighted by atomic mass is 35.5. The topological polar surface area (TPSA) is 80.9 Å². The Morgan fingerprint density at radius 3 is 2.74 bits per heavy atom. The van der Waals surface area contributed by atoms with Crippen LogP contribution in [0.3, 0.4) is 0 Å². The lowest BCUT2D eigenvalue weighted by molar-refractivity contribution is 0.0947. The van der Waals surface area contributed by atoms with Gasteiger partial charge >= 0.3 is 0 Å². The van der Waals surface area contributed by atoms with Crippen molar-refractivity contribution in [2.75, 3.05) is 0 Å². The Kier molecular flexibility index (Phi) is 4.52. The number of hydrogen-bond donors (Lipinski definition) is 1. The molecule has 0 aliphatic rings. The maximum Gasteiger partial charge on any atom is 0.254 e. The first-order valence-electron chi connectivity index (χ1n) is 8.02. The molecule has 0 atom stereocenters. The Balaban J connectivity index is 1.50. The van der Waals surface area contributed by atoms with E-state index >= 15 is 0 Å². The summed E-state index contributed by atoms with van der Waals surface area (Å²) < 4.78 is 18.8. The molecule has 0 bridgehead atoms. The molecule has 2 aromatic heterocycles. The van der Waals surface area contributed by atoms with Crippen LogP contribution in [-0.4, -0.2) is 21.1 Å². The number of amides is 1. The lowest BCUT2D eigenvalue weighted by Gasteiger charge is -2.06. The fourth-order valence-corrected chi connectivity index (χ4v) is 2.78. The highest BCUT2D eigenvalue weighted by Crippen LogP contribution is 2.22. The number of carbonyl (C=O) groups is 1. The number of aromatic nitrogens is 3. The molecule has 6 nitrogen and oxygen atoms in total. The molecular formula is C19H12ClFN4O2. The number of carbonyl (C=O) groups excluding carboxylic acids is 1. The van der Waals surface area contributed by atoms with E-state index in [2.05, 4.69) is 20.5 Å². The van der Waals surface area contributed by atoms with Crippen molar-refractivity contribution >= 4 is 28.4 Å². The molecule has 4 aromatic rings. The molecule has 0 spiro atoms. The molecule has 0 saturated carbocycles. The molecule has 0 radical (unpaired) electrons. The standard InChI is InChI=1S/C19H12ClFN4O2/c20-17-14(8-12-6-7-13(21)9-15(12)23-17)18(26)22-10-16-24-25-19(27-16)11-4-2-1-3-5-11/h1-9H,10H2,(H,22,26). The van der Waals surface area contributed by atoms with Crippen LogP contribution in [0.25, 0.3) is 22.4 Å². The van der Waals surface area contributed by atoms with Crippen molar-refractivity contribution < 1.29 is 13.6 Å². The molecule has 0 fully saturated rings. The second-order valence-electron chi connectivity index (χ2n) is 5.71. The number of halogens is 2. The molecular weight excluding hydrogens is 371 g/mol. The van der Waals surface area contributed by atoms with Crippen LogP contribution in [0.2, 0.25) is 5.15 Å². The van der Waals surface area contributed by atoms with Crippen molar-refractivity contribution in [2.24, 2.45) is 0 Å². The molecule has 4 rings (SSSR count). The molecule has 0 aliphatic heterocycles. The minimum atomic E-state index is -0.446. The first-order chi connectivity index (χ1) is 13.1. The van der Waals surface area contributed by atoms with Crippen LogP contribution in [0, 0.1) is 5.82 Å². The summed E-state index contributed by atoms with van der Waals surface area (Å²) in [7, 11) is 0. The number of nitrogens with one attached hydrogen (secondary N) is 1. The Hall–Kier alpha value is -3.32. The second kappa shape index (κ2) is 7.13. The van der Waals surface area contributed by atoms with E-state index in [0.29, 0.717) is 16.8 Å². The van der Waals surface area contributed by atoms with Gasteiger partial charge < -0.3 is 9.73 Å². The summed E-state index contributed by atoms with van der Waals surface area (Å²) in [5.74, 6) is -0.242. The summed E-state index contributed by atoms with van der Waals surface area (Å²) in [6.45, 7) is 0.0381. The minimum absolute atomic E-state index is 0.0129. The van der Waals surface area contributed by atoms with Gasteiger partial charge in [-0.3, -0.25) is 4.79 Å². The lowest BCUT2D eigenvalue weighted by Crippen LogP contribution is -2.23. The number of hydrogen-bond acceptors (Lipinski definition) is 5. The zero-order valence-corrected chi connectivity index (χ0v) is 14.6. The second-order valence-corrected chi connectivity index (χ2v) is 6.07. The van der Waals surface area contributed by atoms with E-state index < -0.39 is 11.7 Å². The van der Waals surface area contributed by atoms with Gasteiger partial charge in [0.15, 0.2) is 0 Å². The van der Waals surface area contributed by atoms with Crippen molar-refractivity contribution in [3.05, 3.63) is 77.0 Å². The highest BCUT2D eigenvalue weighted by molar-refractivity contribution is 6.33. The lowest BCUT2D eigenvalue weighted by atomic mass is 10.1. The van der Waals surface area contributed by atoms with Gasteiger partial charge in [-0.1, -0.05) is 29.8 Å². The van der Waals surface area contributed by atoms with E-state index in [-0.39, 0.29) is 23.2 Å². The van der Waals surface area contributed by atoms with Gasteiger partial charge in [0.05, 0.1) is 17.6 Å². The summed E-state index contributed by atoms with van der Waals surface area (Å²) in [6, 6.07) is 14.9. The minimum Gasteiger partial charge on any atom is -0.419 e. The summed E-state index contributed by atoms with van der Waals surface area (Å²) in [4.78, 5) is 16.5. The SMILES string of the molecule is O=C(NCc1nnc(-c2ccccc2)o1)c1cc2ccc(F)cc2nc1Cl. The van der Waals surface area contributed by atoms with Crippen LogP contribution in [0.1, 0.15) is 16.2 Å². The monoisotopic (exact) mass is 382 g/mol. The van der Waals surface area contributed by atoms with E-state index in [4.69, 9.17) is 16.0 Å². The van der Waals surface area contributed by atoms with E-state index in [1.165, 1.54) is 18.2 Å². The summed E-state index contributed by atoms with van der Waals surface area (Å²) >= 11 is 6.07. The first-order valence-corrected chi connectivity index (χ1v) is 8.40. The van der Waals surface area contributed by atoms with Gasteiger partial charge in [-0.15, -0.1) is 10.2 Å². The summed E-state index contributed by atoms with van der Waals surface area (Å²) in [5.41, 5.74) is 1.34. The molecule has 1 amide bonds. The predicted octanol–water partition coefficient (Wildman–Crippen LogP) is 4.01. The maximum atomic E-state index is 13.3. The van der Waals surface area contributed by atoms with Crippen LogP contribution < -0.4 is 5.32 Å². The van der Waals surface area contributed by atoms with Crippen molar-refractivity contribution in [1.29, 1.82) is 0 Å². The molecule has 1 N–H and O–H groups in total. The van der Waals surface area contributed by atoms with Crippen LogP contribution in [0.4, 0.5) is 4.39 Å². The van der Waals surface area contributed by atoms with Gasteiger partial charge in [0.2, 0.25) is 11.8 Å². The summed E-state index contributed by atoms with van der Waals surface area (Å²) in [5, 5.41) is 11.1. The Morgan fingerprint density at radius 2 is 1.93 bits per heavy atom. The fraction of sp³-hybridized carbons (Fsp3) is 0.0526. The quantitative estimate of drug-likeness (QED) is 0.539. The van der Waals surface area contributed by atoms with Crippen molar-refractivity contribution in [3.63, 3.8) is 0 Å². The molecule has 0 unspecified atom stereocenters. The Labute approximate surface area is 158 Å². The number of nitrogens with zero attached hydrogens (tertiary/aromatic N) is 3. The molecule has 8 heteroatoms. The fourth-order valence-electron chi connectivity index (χ4n) is 2.55. The van der Waals surface area contributed by atoms with E-state index in [0.717, 1.165) is 5.56 Å². The average Bonchev–Trinajstić information content (AvgIpc) is 3.15. The largest absolute Gasteiger partial charge is 0.419 e. The maximum absolute atomic E-state index is 13.3. The zero-order valence-electron chi connectivity index (χ0n) is 13.8. The third-order valence-corrected chi connectivity index (χ3v) is 4.15. The number of rotatable bonds is 4. The highest BCUT2D eigenvalue weighted by Gasteiger charge is 2.15. The third kappa shape index (κ3) is 3.63. The third-order valence-electron chi connectivity index (χ3n) is 3.87. The molecule has 27 heavy (non-hydrogen) atoms. The molecule has 134 valence electrons. The zero-order chi connectivity index (χ0) is 18.8. The molecule has 2 heterocycles. The Bertz CT molecular complexity index is 1130. The van der Waals surface area contributed by atoms with Crippen LogP contribution >= 0.6 is 11.6 Å². The normalized spacial score (nSPS) is 10.9. The van der Waals surface area contributed by atoms with Gasteiger partial charge in [-0.25, -0.2) is 9.37 Å². The number of pyridine rings is 1. The van der Waals surface area contributed by atoms with Crippen molar-refractivity contribution in [3.8, 4) is 11.5 Å². The van der Waals surface area contributed by atoms with Crippen LogP contribution in [-0.2, 0) is 6.54 Å². The smallest absolute Gasteiger partial charge is 0.254 e. The van der Waals surface area contributed by atoms with Gasteiger partial charge in [0.25, 0.3) is 5.91 Å². The van der Waals surface area contributed by atoms with E-state index in [1.807, 2.05) is 30.3 Å². The average molecular weight is 383 g/mol. The first kappa shape index (κ1) is 17.1. The van der Waals surface area contributed by atoms with Crippen LogP contribution in [0.15, 0.2) is 59.0 Å². The Morgan fingerprint density at radius 1 is 1.11 bits per heavy atom.